The van der Waals surface area contributed by atoms with Gasteiger partial charge in [-0.3, -0.25) is 29.6 Å². The summed E-state index contributed by atoms with van der Waals surface area (Å²) >= 11 is 0. The van der Waals surface area contributed by atoms with E-state index in [0.29, 0.717) is 5.56 Å². The monoisotopic (exact) mass is 419 g/mol. The highest BCUT2D eigenvalue weighted by atomic mass is 19.1. The normalized spacial score (nSPS) is 17.7. The summed E-state index contributed by atoms with van der Waals surface area (Å²) in [5.74, 6) is -3.12. The van der Waals surface area contributed by atoms with Crippen LogP contribution in [0.2, 0.25) is 0 Å². The molecule has 1 saturated heterocycles. The molecule has 9 heteroatoms. The van der Waals surface area contributed by atoms with Crippen LogP contribution in [0.5, 0.6) is 0 Å². The number of nitro benzene ring substituents is 1. The van der Waals surface area contributed by atoms with E-state index in [-0.39, 0.29) is 22.5 Å². The number of nitro groups is 1. The molecule has 1 unspecified atom stereocenters. The molecule has 2 aromatic carbocycles. The summed E-state index contributed by atoms with van der Waals surface area (Å²) < 4.78 is 13.9. The quantitative estimate of drug-likeness (QED) is 0.226. The number of aromatic nitrogens is 1. The van der Waals surface area contributed by atoms with Crippen LogP contribution in [-0.4, -0.2) is 26.7 Å². The molecule has 8 nitrogen and oxygen atoms in total. The first-order chi connectivity index (χ1) is 14.9. The molecule has 0 bridgehead atoms. The van der Waals surface area contributed by atoms with Crippen molar-refractivity contribution in [3.8, 4) is 0 Å². The first-order valence-electron chi connectivity index (χ1n) is 9.10. The fourth-order valence-corrected chi connectivity index (χ4v) is 3.51. The van der Waals surface area contributed by atoms with Gasteiger partial charge in [0.1, 0.15) is 11.6 Å². The van der Waals surface area contributed by atoms with E-state index in [2.05, 4.69) is 4.98 Å². The summed E-state index contributed by atoms with van der Waals surface area (Å²) in [6.45, 7) is 0. The molecule has 1 N–H and O–H groups in total. The van der Waals surface area contributed by atoms with E-state index in [1.807, 2.05) is 0 Å². The molecule has 1 aliphatic rings. The van der Waals surface area contributed by atoms with Gasteiger partial charge in [0.05, 0.1) is 16.5 Å². The fourth-order valence-electron chi connectivity index (χ4n) is 3.51. The molecule has 1 aromatic heterocycles. The van der Waals surface area contributed by atoms with Crippen molar-refractivity contribution in [1.82, 2.24) is 4.98 Å². The van der Waals surface area contributed by atoms with Crippen molar-refractivity contribution in [1.29, 1.82) is 0 Å². The predicted molar refractivity (Wildman–Crippen MR) is 109 cm³/mol. The Morgan fingerprint density at radius 2 is 1.77 bits per heavy atom. The summed E-state index contributed by atoms with van der Waals surface area (Å²) in [5.41, 5.74) is 0.0303. The first-order valence-corrected chi connectivity index (χ1v) is 9.10. The SMILES string of the molecule is O=C1C(=O)N(c2cccc(F)c2)C(c2ccncc2)/C1=C(/O)c1cccc([N+](=O)[O-])c1. The van der Waals surface area contributed by atoms with Crippen molar-refractivity contribution in [2.45, 2.75) is 6.04 Å². The largest absolute Gasteiger partial charge is 0.507 e. The molecule has 0 spiro atoms. The van der Waals surface area contributed by atoms with E-state index in [1.165, 1.54) is 48.8 Å². The molecule has 0 aliphatic carbocycles. The molecular formula is C22H14FN3O5. The van der Waals surface area contributed by atoms with Gasteiger partial charge in [-0.25, -0.2) is 4.39 Å². The Balaban J connectivity index is 1.95. The van der Waals surface area contributed by atoms with Crippen molar-refractivity contribution in [2.24, 2.45) is 0 Å². The second kappa shape index (κ2) is 7.79. The van der Waals surface area contributed by atoms with Crippen molar-refractivity contribution < 1.29 is 24.0 Å². The van der Waals surface area contributed by atoms with Gasteiger partial charge < -0.3 is 5.11 Å². The highest BCUT2D eigenvalue weighted by Crippen LogP contribution is 2.42. The van der Waals surface area contributed by atoms with Gasteiger partial charge in [0.25, 0.3) is 17.4 Å². The van der Waals surface area contributed by atoms with Gasteiger partial charge in [0.2, 0.25) is 0 Å². The van der Waals surface area contributed by atoms with Gasteiger partial charge in [0.15, 0.2) is 0 Å². The number of non-ortho nitro benzene ring substituents is 1. The number of rotatable bonds is 4. The van der Waals surface area contributed by atoms with E-state index in [1.54, 1.807) is 12.1 Å². The molecule has 1 amide bonds. The minimum Gasteiger partial charge on any atom is -0.507 e. The number of benzene rings is 2. The maximum Gasteiger partial charge on any atom is 0.300 e. The van der Waals surface area contributed by atoms with E-state index >= 15 is 0 Å². The molecule has 1 fully saturated rings. The highest BCUT2D eigenvalue weighted by molar-refractivity contribution is 6.51. The number of aliphatic hydroxyl groups excluding tert-OH is 1. The molecule has 1 aliphatic heterocycles. The van der Waals surface area contributed by atoms with Crippen LogP contribution in [0, 0.1) is 15.9 Å². The van der Waals surface area contributed by atoms with Crippen LogP contribution in [0.15, 0.2) is 78.6 Å². The van der Waals surface area contributed by atoms with Crippen molar-refractivity contribution in [3.05, 3.63) is 106 Å². The van der Waals surface area contributed by atoms with Crippen molar-refractivity contribution >= 4 is 28.8 Å². The minimum atomic E-state index is -1.08. The number of carbonyl (C=O) groups excluding carboxylic acids is 2. The molecule has 31 heavy (non-hydrogen) atoms. The zero-order valence-corrected chi connectivity index (χ0v) is 15.8. The summed E-state index contributed by atoms with van der Waals surface area (Å²) in [6.07, 6.45) is 2.91. The third-order valence-corrected chi connectivity index (χ3v) is 4.88. The Labute approximate surface area is 175 Å². The standard InChI is InChI=1S/C22H14FN3O5/c23-15-4-2-5-16(12-15)25-19(13-7-9-24-10-8-13)18(21(28)22(25)29)20(27)14-3-1-6-17(11-14)26(30)31/h1-12,19,27H/b20-18-. The van der Waals surface area contributed by atoms with E-state index in [4.69, 9.17) is 0 Å². The van der Waals surface area contributed by atoms with E-state index < -0.39 is 34.2 Å². The smallest absolute Gasteiger partial charge is 0.300 e. The number of hydrogen-bond donors (Lipinski definition) is 1. The number of nitrogens with zero attached hydrogens (tertiary/aromatic N) is 3. The van der Waals surface area contributed by atoms with Gasteiger partial charge in [-0.2, -0.15) is 0 Å². The average molecular weight is 419 g/mol. The maximum atomic E-state index is 13.9. The summed E-state index contributed by atoms with van der Waals surface area (Å²) in [5, 5.41) is 22.0. The second-order valence-electron chi connectivity index (χ2n) is 6.74. The van der Waals surface area contributed by atoms with Crippen LogP contribution in [0.4, 0.5) is 15.8 Å². The Morgan fingerprint density at radius 1 is 1.06 bits per heavy atom. The van der Waals surface area contributed by atoms with Gasteiger partial charge in [0, 0.05) is 35.8 Å². The molecule has 0 saturated carbocycles. The number of halogens is 1. The van der Waals surface area contributed by atoms with E-state index in [9.17, 15) is 29.2 Å². The van der Waals surface area contributed by atoms with Gasteiger partial charge in [-0.1, -0.05) is 18.2 Å². The Morgan fingerprint density at radius 3 is 2.45 bits per heavy atom. The Kier molecular flexibility index (Phi) is 5.00. The number of amides is 1. The number of ketones is 1. The minimum absolute atomic E-state index is 0.00509. The van der Waals surface area contributed by atoms with Crippen molar-refractivity contribution in [3.63, 3.8) is 0 Å². The predicted octanol–water partition coefficient (Wildman–Crippen LogP) is 3.76. The van der Waals surface area contributed by atoms with Crippen LogP contribution in [-0.2, 0) is 9.59 Å². The Hall–Kier alpha value is -4.40. The molecule has 1 atom stereocenters. The number of Topliss-reactive ketones (excluding diaryl/α,β-unsaturated/α-hetero) is 1. The second-order valence-corrected chi connectivity index (χ2v) is 6.74. The zero-order valence-electron chi connectivity index (χ0n) is 15.8. The zero-order chi connectivity index (χ0) is 22.1. The van der Waals surface area contributed by atoms with E-state index in [0.717, 1.165) is 17.0 Å². The molecule has 2 heterocycles. The molecular weight excluding hydrogens is 405 g/mol. The lowest BCUT2D eigenvalue weighted by molar-refractivity contribution is -0.384. The molecule has 4 rings (SSSR count). The number of pyridine rings is 1. The molecule has 3 aromatic rings. The summed E-state index contributed by atoms with van der Waals surface area (Å²) in [7, 11) is 0. The lowest BCUT2D eigenvalue weighted by Crippen LogP contribution is -2.29. The summed E-state index contributed by atoms with van der Waals surface area (Å²) in [4.78, 5) is 41.3. The van der Waals surface area contributed by atoms with Crippen LogP contribution in [0.1, 0.15) is 17.2 Å². The average Bonchev–Trinajstić information content (AvgIpc) is 3.04. The van der Waals surface area contributed by atoms with Crippen LogP contribution in [0.25, 0.3) is 5.76 Å². The van der Waals surface area contributed by atoms with Gasteiger partial charge in [-0.05, 0) is 35.9 Å². The third-order valence-electron chi connectivity index (χ3n) is 4.88. The number of carbonyl (C=O) groups is 2. The number of hydrogen-bond acceptors (Lipinski definition) is 6. The lowest BCUT2D eigenvalue weighted by Gasteiger charge is -2.25. The lowest BCUT2D eigenvalue weighted by atomic mass is 9.95. The Bertz CT molecular complexity index is 1240. The van der Waals surface area contributed by atoms with Crippen molar-refractivity contribution in [2.75, 3.05) is 4.90 Å². The molecule has 154 valence electrons. The van der Waals surface area contributed by atoms with Crippen LogP contribution >= 0.6 is 0 Å². The van der Waals surface area contributed by atoms with Crippen LogP contribution < -0.4 is 4.90 Å². The number of aliphatic hydroxyl groups is 1. The number of anilines is 1. The maximum absolute atomic E-state index is 13.9. The summed E-state index contributed by atoms with van der Waals surface area (Å²) in [6, 6.07) is 12.3. The molecule has 0 radical (unpaired) electrons. The third kappa shape index (κ3) is 3.52. The van der Waals surface area contributed by atoms with Gasteiger partial charge in [-0.15, -0.1) is 0 Å². The fraction of sp³-hybridized carbons (Fsp3) is 0.0455. The first kappa shape index (κ1) is 19.9. The highest BCUT2D eigenvalue weighted by Gasteiger charge is 2.47. The topological polar surface area (TPSA) is 114 Å². The van der Waals surface area contributed by atoms with Gasteiger partial charge >= 0.3 is 0 Å². The van der Waals surface area contributed by atoms with Crippen LogP contribution in [0.3, 0.4) is 0 Å².